The molecule has 0 aromatic carbocycles. The fraction of sp³-hybridized carbons (Fsp3) is 0.533. The maximum Gasteiger partial charge on any atom is 0.315 e. The minimum atomic E-state index is -0.416. The first-order chi connectivity index (χ1) is 10.1. The molecule has 2 rings (SSSR count). The molecule has 1 aromatic heterocycles. The Hall–Kier alpha value is -2.11. The third-order valence-electron chi connectivity index (χ3n) is 3.66. The molecule has 0 radical (unpaired) electrons. The number of carbonyl (C=O) groups excluding carboxylic acids is 2. The summed E-state index contributed by atoms with van der Waals surface area (Å²) in [5, 5.41) is 5.66. The summed E-state index contributed by atoms with van der Waals surface area (Å²) in [7, 11) is 1.75. The van der Waals surface area contributed by atoms with E-state index in [4.69, 9.17) is 0 Å². The van der Waals surface area contributed by atoms with Gasteiger partial charge in [-0.3, -0.25) is 9.78 Å². The smallest absolute Gasteiger partial charge is 0.315 e. The van der Waals surface area contributed by atoms with E-state index in [-0.39, 0.29) is 18.0 Å². The van der Waals surface area contributed by atoms with Crippen LogP contribution in [-0.2, 0) is 4.79 Å². The molecule has 2 heterocycles. The van der Waals surface area contributed by atoms with Crippen LogP contribution >= 0.6 is 0 Å². The van der Waals surface area contributed by atoms with Crippen molar-refractivity contribution in [3.05, 3.63) is 30.1 Å². The van der Waals surface area contributed by atoms with Crippen molar-refractivity contribution in [1.82, 2.24) is 20.5 Å². The maximum absolute atomic E-state index is 12.1. The van der Waals surface area contributed by atoms with Gasteiger partial charge in [0, 0.05) is 19.8 Å². The number of amides is 3. The Morgan fingerprint density at radius 3 is 2.90 bits per heavy atom. The molecule has 1 aromatic rings. The Balaban J connectivity index is 1.94. The number of hydrogen-bond donors (Lipinski definition) is 2. The Kier molecular flexibility index (Phi) is 5.14. The highest BCUT2D eigenvalue weighted by Crippen LogP contribution is 2.16. The topological polar surface area (TPSA) is 74.3 Å². The highest BCUT2D eigenvalue weighted by Gasteiger charge is 2.30. The summed E-state index contributed by atoms with van der Waals surface area (Å²) in [5.41, 5.74) is 0.837. The lowest BCUT2D eigenvalue weighted by Crippen LogP contribution is -2.46. The van der Waals surface area contributed by atoms with E-state index >= 15 is 0 Å². The lowest BCUT2D eigenvalue weighted by Gasteiger charge is -2.19. The van der Waals surface area contributed by atoms with E-state index in [9.17, 15) is 9.59 Å². The summed E-state index contributed by atoms with van der Waals surface area (Å²) >= 11 is 0. The zero-order valence-electron chi connectivity index (χ0n) is 12.5. The molecule has 2 N–H and O–H groups in total. The first-order valence-corrected chi connectivity index (χ1v) is 7.34. The summed E-state index contributed by atoms with van der Waals surface area (Å²) in [6.07, 6.45) is 4.12. The first-order valence-electron chi connectivity index (χ1n) is 7.34. The van der Waals surface area contributed by atoms with Crippen LogP contribution in [0.4, 0.5) is 4.79 Å². The predicted molar refractivity (Wildman–Crippen MR) is 79.6 cm³/mol. The van der Waals surface area contributed by atoms with Crippen molar-refractivity contribution in [3.8, 4) is 0 Å². The van der Waals surface area contributed by atoms with E-state index in [0.29, 0.717) is 13.0 Å². The molecule has 6 nitrogen and oxygen atoms in total. The van der Waals surface area contributed by atoms with Gasteiger partial charge >= 0.3 is 6.03 Å². The number of pyridine rings is 1. The number of nitrogens with one attached hydrogen (secondary N) is 2. The molecule has 2 unspecified atom stereocenters. The van der Waals surface area contributed by atoms with E-state index in [1.165, 1.54) is 0 Å². The molecule has 114 valence electrons. The monoisotopic (exact) mass is 290 g/mol. The van der Waals surface area contributed by atoms with Crippen LogP contribution in [0.2, 0.25) is 0 Å². The second-order valence-corrected chi connectivity index (χ2v) is 5.31. The van der Waals surface area contributed by atoms with E-state index in [0.717, 1.165) is 18.5 Å². The Morgan fingerprint density at radius 2 is 2.33 bits per heavy atom. The molecule has 1 aliphatic heterocycles. The zero-order valence-corrected chi connectivity index (χ0v) is 12.5. The maximum atomic E-state index is 12.1. The minimum Gasteiger partial charge on any atom is -0.344 e. The molecule has 0 spiro atoms. The normalized spacial score (nSPS) is 19.4. The number of rotatable bonds is 5. The van der Waals surface area contributed by atoms with Crippen LogP contribution in [0.5, 0.6) is 0 Å². The van der Waals surface area contributed by atoms with Gasteiger partial charge in [-0.25, -0.2) is 4.79 Å². The van der Waals surface area contributed by atoms with Crippen molar-refractivity contribution in [2.45, 2.75) is 38.3 Å². The van der Waals surface area contributed by atoms with Crippen molar-refractivity contribution in [1.29, 1.82) is 0 Å². The van der Waals surface area contributed by atoms with Crippen molar-refractivity contribution in [2.24, 2.45) is 0 Å². The highest BCUT2D eigenvalue weighted by molar-refractivity contribution is 5.88. The van der Waals surface area contributed by atoms with E-state index < -0.39 is 6.04 Å². The van der Waals surface area contributed by atoms with Gasteiger partial charge < -0.3 is 15.5 Å². The summed E-state index contributed by atoms with van der Waals surface area (Å²) in [6, 6.07) is 4.79. The van der Waals surface area contributed by atoms with Gasteiger partial charge in [-0.2, -0.15) is 0 Å². The predicted octanol–water partition coefficient (Wildman–Crippen LogP) is 1.45. The third kappa shape index (κ3) is 3.93. The molecule has 0 saturated carbocycles. The summed E-state index contributed by atoms with van der Waals surface area (Å²) < 4.78 is 0. The van der Waals surface area contributed by atoms with Crippen molar-refractivity contribution in [3.63, 3.8) is 0 Å². The molecule has 21 heavy (non-hydrogen) atoms. The number of aromatic nitrogens is 1. The molecular formula is C15H22N4O2. The molecule has 2 atom stereocenters. The van der Waals surface area contributed by atoms with Crippen LogP contribution < -0.4 is 10.6 Å². The molecule has 6 heteroatoms. The van der Waals surface area contributed by atoms with Gasteiger partial charge in [0.2, 0.25) is 5.91 Å². The molecule has 1 aliphatic rings. The van der Waals surface area contributed by atoms with Crippen molar-refractivity contribution in [2.75, 3.05) is 13.6 Å². The third-order valence-corrected chi connectivity index (χ3v) is 3.66. The van der Waals surface area contributed by atoms with Crippen LogP contribution in [0.25, 0.3) is 0 Å². The zero-order chi connectivity index (χ0) is 15.2. The molecular weight excluding hydrogens is 268 g/mol. The summed E-state index contributed by atoms with van der Waals surface area (Å²) in [4.78, 5) is 29.8. The molecule has 1 saturated heterocycles. The standard InChI is InChI=1S/C15H22N4O2/c1-3-6-12(11-7-4-5-9-16-11)17-15(21)18-13-8-10-19(2)14(13)20/h4-5,7,9,12-13H,3,6,8,10H2,1-2H3,(H2,17,18,21). The van der Waals surface area contributed by atoms with Crippen molar-refractivity contribution >= 4 is 11.9 Å². The van der Waals surface area contributed by atoms with Crippen LogP contribution in [0, 0.1) is 0 Å². The van der Waals surface area contributed by atoms with Crippen molar-refractivity contribution < 1.29 is 9.59 Å². The fourth-order valence-corrected chi connectivity index (χ4v) is 2.48. The average molecular weight is 290 g/mol. The first kappa shape index (κ1) is 15.3. The molecule has 0 aliphatic carbocycles. The SMILES string of the molecule is CCCC(NC(=O)NC1CCN(C)C1=O)c1ccccn1. The summed E-state index contributed by atoms with van der Waals surface area (Å²) in [6.45, 7) is 2.74. The van der Waals surface area contributed by atoms with Gasteiger partial charge in [-0.15, -0.1) is 0 Å². The lowest BCUT2D eigenvalue weighted by molar-refractivity contribution is -0.128. The summed E-state index contributed by atoms with van der Waals surface area (Å²) in [5.74, 6) is -0.0324. The Morgan fingerprint density at radius 1 is 1.52 bits per heavy atom. The minimum absolute atomic E-state index is 0.0324. The number of nitrogens with zero attached hydrogens (tertiary/aromatic N) is 2. The second-order valence-electron chi connectivity index (χ2n) is 5.31. The quantitative estimate of drug-likeness (QED) is 0.862. The van der Waals surface area contributed by atoms with Gasteiger partial charge in [0.1, 0.15) is 6.04 Å². The highest BCUT2D eigenvalue weighted by atomic mass is 16.2. The lowest BCUT2D eigenvalue weighted by atomic mass is 10.1. The number of carbonyl (C=O) groups is 2. The van der Waals surface area contributed by atoms with Gasteiger partial charge in [-0.1, -0.05) is 19.4 Å². The largest absolute Gasteiger partial charge is 0.344 e. The second kappa shape index (κ2) is 7.06. The van der Waals surface area contributed by atoms with Gasteiger partial charge in [-0.05, 0) is 25.0 Å². The fourth-order valence-electron chi connectivity index (χ4n) is 2.48. The van der Waals surface area contributed by atoms with Crippen LogP contribution in [0.15, 0.2) is 24.4 Å². The Bertz CT molecular complexity index is 492. The van der Waals surface area contributed by atoms with Crippen LogP contribution in [-0.4, -0.2) is 41.5 Å². The Labute approximate surface area is 124 Å². The molecule has 3 amide bonds. The van der Waals surface area contributed by atoms with Gasteiger partial charge in [0.15, 0.2) is 0 Å². The van der Waals surface area contributed by atoms with Crippen LogP contribution in [0.1, 0.15) is 37.9 Å². The molecule has 1 fully saturated rings. The number of hydrogen-bond acceptors (Lipinski definition) is 3. The molecule has 0 bridgehead atoms. The van der Waals surface area contributed by atoms with Gasteiger partial charge in [0.25, 0.3) is 0 Å². The van der Waals surface area contributed by atoms with Gasteiger partial charge in [0.05, 0.1) is 11.7 Å². The number of likely N-dealkylation sites (tertiary alicyclic amines) is 1. The number of urea groups is 1. The van der Waals surface area contributed by atoms with E-state index in [2.05, 4.69) is 22.5 Å². The van der Waals surface area contributed by atoms with E-state index in [1.807, 2.05) is 18.2 Å². The van der Waals surface area contributed by atoms with E-state index in [1.54, 1.807) is 18.1 Å². The average Bonchev–Trinajstić information content (AvgIpc) is 2.80. The number of likely N-dealkylation sites (N-methyl/N-ethyl adjacent to an activating group) is 1. The van der Waals surface area contributed by atoms with Crippen LogP contribution in [0.3, 0.4) is 0 Å².